The van der Waals surface area contributed by atoms with Gasteiger partial charge in [0.15, 0.2) is 0 Å². The topological polar surface area (TPSA) is 18.5 Å². The number of unbranched alkanes of at least 4 members (excludes halogenated alkanes) is 3. The summed E-state index contributed by atoms with van der Waals surface area (Å²) >= 11 is 0. The molecule has 2 aromatic rings. The Bertz CT molecular complexity index is 516. The molecule has 0 aliphatic heterocycles. The van der Waals surface area contributed by atoms with Crippen LogP contribution >= 0.6 is 0 Å². The first-order valence-electron chi connectivity index (χ1n) is 8.10. The van der Waals surface area contributed by atoms with Gasteiger partial charge in [-0.25, -0.2) is 0 Å². The van der Waals surface area contributed by atoms with E-state index in [2.05, 4.69) is 49.4 Å². The second-order valence-corrected chi connectivity index (χ2v) is 5.35. The summed E-state index contributed by atoms with van der Waals surface area (Å²) in [4.78, 5) is 0. The van der Waals surface area contributed by atoms with E-state index in [9.17, 15) is 0 Å². The molecule has 2 heteroatoms. The molecule has 0 unspecified atom stereocenters. The summed E-state index contributed by atoms with van der Waals surface area (Å²) in [6.45, 7) is 4.76. The van der Waals surface area contributed by atoms with Gasteiger partial charge in [0, 0.05) is 18.6 Å². The third-order valence-electron chi connectivity index (χ3n) is 3.58. The molecule has 2 rings (SSSR count). The summed E-state index contributed by atoms with van der Waals surface area (Å²) in [5.41, 5.74) is 0. The third kappa shape index (κ3) is 5.39. The number of hydrogen-bond acceptors (Lipinski definition) is 2. The first-order valence-corrected chi connectivity index (χ1v) is 8.10. The van der Waals surface area contributed by atoms with Gasteiger partial charge in [0.1, 0.15) is 5.75 Å². The molecule has 0 fully saturated rings. The lowest BCUT2D eigenvalue weighted by Gasteiger charge is -2.09. The lowest BCUT2D eigenvalue weighted by Crippen LogP contribution is -2.00. The van der Waals surface area contributed by atoms with Gasteiger partial charge in [-0.2, -0.15) is 0 Å². The summed E-state index contributed by atoms with van der Waals surface area (Å²) in [6, 6.07) is 14.6. The van der Waals surface area contributed by atoms with Crippen molar-refractivity contribution >= 4 is 10.8 Å². The fraction of sp³-hybridized carbons (Fsp3) is 0.474. The minimum Gasteiger partial charge on any atom is -0.493 e. The van der Waals surface area contributed by atoms with Crippen LogP contribution in [0.1, 0.15) is 39.0 Å². The van der Waals surface area contributed by atoms with Crippen LogP contribution in [0, 0.1) is 0 Å². The van der Waals surface area contributed by atoms with Crippen molar-refractivity contribution in [3.8, 4) is 5.75 Å². The van der Waals surface area contributed by atoms with Crippen LogP contribution in [0.25, 0.3) is 10.8 Å². The Morgan fingerprint density at radius 3 is 2.43 bits per heavy atom. The molecule has 0 radical (unpaired) electrons. The summed E-state index contributed by atoms with van der Waals surface area (Å²) in [5.74, 6) is 0.993. The first kappa shape index (κ1) is 15.8. The summed E-state index contributed by atoms with van der Waals surface area (Å²) in [5, 5.41) is 2.43. The van der Waals surface area contributed by atoms with Crippen molar-refractivity contribution in [3.63, 3.8) is 0 Å². The molecule has 0 saturated carbocycles. The average Bonchev–Trinajstić information content (AvgIpc) is 2.53. The van der Waals surface area contributed by atoms with Crippen LogP contribution in [0.15, 0.2) is 42.5 Å². The Morgan fingerprint density at radius 1 is 0.762 bits per heavy atom. The van der Waals surface area contributed by atoms with E-state index in [-0.39, 0.29) is 0 Å². The van der Waals surface area contributed by atoms with Gasteiger partial charge in [-0.15, -0.1) is 0 Å². The molecule has 114 valence electrons. The largest absolute Gasteiger partial charge is 0.493 e. The molecular weight excluding hydrogens is 260 g/mol. The molecule has 2 aromatic carbocycles. The maximum Gasteiger partial charge on any atom is 0.127 e. The fourth-order valence-corrected chi connectivity index (χ4v) is 2.34. The Hall–Kier alpha value is -1.54. The van der Waals surface area contributed by atoms with E-state index in [1.165, 1.54) is 23.6 Å². The molecule has 2 nitrogen and oxygen atoms in total. The third-order valence-corrected chi connectivity index (χ3v) is 3.58. The van der Waals surface area contributed by atoms with Crippen molar-refractivity contribution in [2.24, 2.45) is 0 Å². The summed E-state index contributed by atoms with van der Waals surface area (Å²) in [6.07, 6.45) is 5.75. The maximum atomic E-state index is 5.92. The lowest BCUT2D eigenvalue weighted by molar-refractivity contribution is 0.126. The minimum absolute atomic E-state index is 0.781. The molecule has 0 amide bonds. The average molecular weight is 286 g/mol. The van der Waals surface area contributed by atoms with Crippen LogP contribution in [0.3, 0.4) is 0 Å². The van der Waals surface area contributed by atoms with E-state index >= 15 is 0 Å². The highest BCUT2D eigenvalue weighted by molar-refractivity contribution is 5.88. The highest BCUT2D eigenvalue weighted by Gasteiger charge is 2.00. The van der Waals surface area contributed by atoms with E-state index in [0.717, 1.165) is 44.8 Å². The number of hydrogen-bond donors (Lipinski definition) is 0. The highest BCUT2D eigenvalue weighted by atomic mass is 16.5. The molecule has 0 N–H and O–H groups in total. The second kappa shape index (κ2) is 9.41. The molecule has 0 bridgehead atoms. The smallest absolute Gasteiger partial charge is 0.127 e. The van der Waals surface area contributed by atoms with Crippen molar-refractivity contribution in [2.75, 3.05) is 19.8 Å². The molecule has 0 saturated heterocycles. The number of fused-ring (bicyclic) bond motifs is 1. The molecule has 0 heterocycles. The van der Waals surface area contributed by atoms with Gasteiger partial charge in [0.2, 0.25) is 0 Å². The van der Waals surface area contributed by atoms with E-state index in [0.29, 0.717) is 0 Å². The van der Waals surface area contributed by atoms with Crippen molar-refractivity contribution in [3.05, 3.63) is 42.5 Å². The Morgan fingerprint density at radius 2 is 1.52 bits per heavy atom. The van der Waals surface area contributed by atoms with Crippen LogP contribution in [0.5, 0.6) is 5.75 Å². The van der Waals surface area contributed by atoms with Crippen molar-refractivity contribution in [2.45, 2.75) is 39.0 Å². The maximum absolute atomic E-state index is 5.92. The van der Waals surface area contributed by atoms with Gasteiger partial charge in [-0.3, -0.25) is 0 Å². The van der Waals surface area contributed by atoms with Gasteiger partial charge >= 0.3 is 0 Å². The lowest BCUT2D eigenvalue weighted by atomic mass is 10.1. The summed E-state index contributed by atoms with van der Waals surface area (Å²) in [7, 11) is 0. The summed E-state index contributed by atoms with van der Waals surface area (Å²) < 4.78 is 11.5. The van der Waals surface area contributed by atoms with Crippen molar-refractivity contribution < 1.29 is 9.47 Å². The molecule has 0 aliphatic carbocycles. The van der Waals surface area contributed by atoms with Gasteiger partial charge in [-0.1, -0.05) is 49.7 Å². The van der Waals surface area contributed by atoms with Crippen molar-refractivity contribution in [1.82, 2.24) is 0 Å². The molecule has 0 spiro atoms. The van der Waals surface area contributed by atoms with E-state index in [1.54, 1.807) is 0 Å². The van der Waals surface area contributed by atoms with Gasteiger partial charge in [0.25, 0.3) is 0 Å². The van der Waals surface area contributed by atoms with Crippen LogP contribution in [-0.2, 0) is 4.74 Å². The first-order chi connectivity index (χ1) is 10.4. The monoisotopic (exact) mass is 286 g/mol. The van der Waals surface area contributed by atoms with Crippen LogP contribution < -0.4 is 4.74 Å². The standard InChI is InChI=1S/C19H26O2/c1-2-3-14-20-15-7-4-8-16-21-19-13-9-11-17-10-5-6-12-18(17)19/h5-6,9-13H,2-4,7-8,14-16H2,1H3. The molecule has 21 heavy (non-hydrogen) atoms. The molecule has 0 atom stereocenters. The zero-order chi connectivity index (χ0) is 14.8. The van der Waals surface area contributed by atoms with Crippen LogP contribution in [0.4, 0.5) is 0 Å². The second-order valence-electron chi connectivity index (χ2n) is 5.35. The van der Waals surface area contributed by atoms with Crippen molar-refractivity contribution in [1.29, 1.82) is 0 Å². The van der Waals surface area contributed by atoms with Gasteiger partial charge in [-0.05, 0) is 37.1 Å². The van der Waals surface area contributed by atoms with E-state index < -0.39 is 0 Å². The van der Waals surface area contributed by atoms with Crippen LogP contribution in [-0.4, -0.2) is 19.8 Å². The van der Waals surface area contributed by atoms with E-state index in [4.69, 9.17) is 9.47 Å². The SMILES string of the molecule is CCCCOCCCCCOc1cccc2ccccc12. The normalized spacial score (nSPS) is 10.9. The van der Waals surface area contributed by atoms with Gasteiger partial charge < -0.3 is 9.47 Å². The number of rotatable bonds is 10. The van der Waals surface area contributed by atoms with E-state index in [1.807, 2.05) is 0 Å². The zero-order valence-corrected chi connectivity index (χ0v) is 13.0. The molecule has 0 aliphatic rings. The highest BCUT2D eigenvalue weighted by Crippen LogP contribution is 2.25. The predicted octanol–water partition coefficient (Wildman–Crippen LogP) is 5.21. The quantitative estimate of drug-likeness (QED) is 0.558. The Kier molecular flexibility index (Phi) is 7.10. The number of benzene rings is 2. The molecular formula is C19H26O2. The Labute approximate surface area is 128 Å². The fourth-order valence-electron chi connectivity index (χ4n) is 2.34. The minimum atomic E-state index is 0.781. The Balaban J connectivity index is 1.64. The van der Waals surface area contributed by atoms with Crippen LogP contribution in [0.2, 0.25) is 0 Å². The van der Waals surface area contributed by atoms with Gasteiger partial charge in [0.05, 0.1) is 6.61 Å². The molecule has 0 aromatic heterocycles. The number of ether oxygens (including phenoxy) is 2. The predicted molar refractivity (Wildman–Crippen MR) is 89.0 cm³/mol. The zero-order valence-electron chi connectivity index (χ0n) is 13.0.